The molecule has 6 nitrogen and oxygen atoms in total. The van der Waals surface area contributed by atoms with Crippen LogP contribution in [0, 0.1) is 0 Å². The molecule has 0 spiro atoms. The Kier molecular flexibility index (Phi) is 7.69. The smallest absolute Gasteiger partial charge is 0.174 e. The lowest BCUT2D eigenvalue weighted by molar-refractivity contribution is 0.0844. The molecule has 0 radical (unpaired) electrons. The minimum Gasteiger partial charge on any atom is -0.507 e. The Morgan fingerprint density at radius 2 is 1.82 bits per heavy atom. The molecule has 176 valence electrons. The second-order valence-corrected chi connectivity index (χ2v) is 8.52. The van der Waals surface area contributed by atoms with E-state index in [4.69, 9.17) is 14.2 Å². The molecule has 1 heterocycles. The summed E-state index contributed by atoms with van der Waals surface area (Å²) in [5.74, 6) is 0.736. The van der Waals surface area contributed by atoms with Crippen LogP contribution in [0.15, 0.2) is 47.6 Å². The van der Waals surface area contributed by atoms with Crippen molar-refractivity contribution in [2.24, 2.45) is 0 Å². The number of rotatable bonds is 8. The van der Waals surface area contributed by atoms with Gasteiger partial charge in [0.25, 0.3) is 0 Å². The standard InChI is InChI=1S/C27H32O6/c1-16(2)7-6-8-17(3)9-11-19-20(28)14-25-26(27(19)30)21(29)15-23(33-25)18-10-12-22(31-4)24(13-18)32-5/h7,9-10,12-14,23,28,30H,6,8,11,15H2,1-5H3/b17-9+/t23-/m0/s1. The summed E-state index contributed by atoms with van der Waals surface area (Å²) in [4.78, 5) is 13.0. The molecule has 1 aliphatic heterocycles. The lowest BCUT2D eigenvalue weighted by Crippen LogP contribution is -2.21. The van der Waals surface area contributed by atoms with Crippen molar-refractivity contribution >= 4 is 5.78 Å². The van der Waals surface area contributed by atoms with E-state index in [1.54, 1.807) is 32.4 Å². The van der Waals surface area contributed by atoms with Gasteiger partial charge in [0.15, 0.2) is 17.3 Å². The predicted octanol–water partition coefficient (Wildman–Crippen LogP) is 6.06. The van der Waals surface area contributed by atoms with Crippen LogP contribution in [0.4, 0.5) is 0 Å². The molecule has 0 amide bonds. The molecule has 2 aromatic rings. The van der Waals surface area contributed by atoms with Crippen LogP contribution in [-0.4, -0.2) is 30.2 Å². The first-order valence-corrected chi connectivity index (χ1v) is 11.0. The molecule has 1 aliphatic rings. The number of carbonyl (C=O) groups excluding carboxylic acids is 1. The van der Waals surface area contributed by atoms with Crippen LogP contribution in [-0.2, 0) is 6.42 Å². The first kappa shape index (κ1) is 24.2. The number of fused-ring (bicyclic) bond motifs is 1. The molecule has 0 saturated heterocycles. The molecule has 33 heavy (non-hydrogen) atoms. The van der Waals surface area contributed by atoms with Crippen molar-refractivity contribution in [3.63, 3.8) is 0 Å². The van der Waals surface area contributed by atoms with Gasteiger partial charge in [-0.25, -0.2) is 0 Å². The number of phenols is 2. The van der Waals surface area contributed by atoms with Gasteiger partial charge >= 0.3 is 0 Å². The summed E-state index contributed by atoms with van der Waals surface area (Å²) < 4.78 is 16.6. The minimum absolute atomic E-state index is 0.0673. The van der Waals surface area contributed by atoms with Gasteiger partial charge in [-0.3, -0.25) is 4.79 Å². The number of aromatic hydroxyl groups is 2. The maximum Gasteiger partial charge on any atom is 0.174 e. The van der Waals surface area contributed by atoms with Gasteiger partial charge in [-0.1, -0.05) is 29.4 Å². The Bertz CT molecular complexity index is 1090. The molecule has 0 aromatic heterocycles. The predicted molar refractivity (Wildman–Crippen MR) is 128 cm³/mol. The fourth-order valence-corrected chi connectivity index (χ4v) is 3.91. The van der Waals surface area contributed by atoms with Crippen LogP contribution in [0.1, 0.15) is 67.6 Å². The van der Waals surface area contributed by atoms with Gasteiger partial charge in [-0.15, -0.1) is 0 Å². The van der Waals surface area contributed by atoms with Crippen molar-refractivity contribution in [1.82, 2.24) is 0 Å². The number of Topliss-reactive ketones (excluding diaryl/α,β-unsaturated/α-hetero) is 1. The molecule has 6 heteroatoms. The van der Waals surface area contributed by atoms with Gasteiger partial charge in [0.2, 0.25) is 0 Å². The molecule has 0 bridgehead atoms. The number of ketones is 1. The molecule has 1 atom stereocenters. The average Bonchev–Trinajstić information content (AvgIpc) is 2.77. The highest BCUT2D eigenvalue weighted by atomic mass is 16.5. The van der Waals surface area contributed by atoms with Crippen molar-refractivity contribution in [3.8, 4) is 28.7 Å². The van der Waals surface area contributed by atoms with Crippen molar-refractivity contribution in [1.29, 1.82) is 0 Å². The lowest BCUT2D eigenvalue weighted by Gasteiger charge is -2.27. The molecule has 0 saturated carbocycles. The summed E-state index contributed by atoms with van der Waals surface area (Å²) in [6.45, 7) is 6.15. The van der Waals surface area contributed by atoms with E-state index in [1.165, 1.54) is 11.6 Å². The number of hydrogen-bond acceptors (Lipinski definition) is 6. The molecule has 2 aromatic carbocycles. The fraction of sp³-hybridized carbons (Fsp3) is 0.370. The molecular weight excluding hydrogens is 420 g/mol. The average molecular weight is 453 g/mol. The van der Waals surface area contributed by atoms with E-state index in [2.05, 4.69) is 19.9 Å². The fourth-order valence-electron chi connectivity index (χ4n) is 3.91. The van der Waals surface area contributed by atoms with Gasteiger partial charge in [-0.05, 0) is 57.7 Å². The van der Waals surface area contributed by atoms with Gasteiger partial charge < -0.3 is 24.4 Å². The Morgan fingerprint density at radius 1 is 1.09 bits per heavy atom. The zero-order valence-corrected chi connectivity index (χ0v) is 19.9. The number of allylic oxidation sites excluding steroid dienone is 4. The topological polar surface area (TPSA) is 85.2 Å². The zero-order valence-electron chi connectivity index (χ0n) is 19.9. The Morgan fingerprint density at radius 3 is 2.48 bits per heavy atom. The summed E-state index contributed by atoms with van der Waals surface area (Å²) in [7, 11) is 3.09. The maximum atomic E-state index is 13.0. The summed E-state index contributed by atoms with van der Waals surface area (Å²) in [5, 5.41) is 21.4. The van der Waals surface area contributed by atoms with Crippen LogP contribution >= 0.6 is 0 Å². The summed E-state index contributed by atoms with van der Waals surface area (Å²) in [6, 6.07) is 6.74. The minimum atomic E-state index is -0.563. The molecule has 0 aliphatic carbocycles. The number of hydrogen-bond donors (Lipinski definition) is 2. The second kappa shape index (κ2) is 10.5. The first-order valence-electron chi connectivity index (χ1n) is 11.0. The molecule has 2 N–H and O–H groups in total. The highest BCUT2D eigenvalue weighted by Gasteiger charge is 2.33. The van der Waals surface area contributed by atoms with Crippen molar-refractivity contribution < 1.29 is 29.2 Å². The van der Waals surface area contributed by atoms with E-state index < -0.39 is 6.10 Å². The zero-order chi connectivity index (χ0) is 24.1. The van der Waals surface area contributed by atoms with E-state index in [1.807, 2.05) is 13.0 Å². The highest BCUT2D eigenvalue weighted by Crippen LogP contribution is 2.45. The quantitative estimate of drug-likeness (QED) is 0.474. The van der Waals surface area contributed by atoms with Crippen LogP contribution in [0.25, 0.3) is 0 Å². The van der Waals surface area contributed by atoms with Gasteiger partial charge in [0, 0.05) is 11.6 Å². The number of ether oxygens (including phenoxy) is 3. The summed E-state index contributed by atoms with van der Waals surface area (Å²) in [6.07, 6.45) is 5.82. The second-order valence-electron chi connectivity index (χ2n) is 8.52. The number of carbonyl (C=O) groups is 1. The van der Waals surface area contributed by atoms with Crippen LogP contribution in [0.2, 0.25) is 0 Å². The van der Waals surface area contributed by atoms with Gasteiger partial charge in [0.05, 0.1) is 20.6 Å². The maximum absolute atomic E-state index is 13.0. The number of phenolic OH excluding ortho intramolecular Hbond substituents is 2. The van der Waals surface area contributed by atoms with E-state index in [0.29, 0.717) is 23.5 Å². The number of benzene rings is 2. The Labute approximate surface area is 195 Å². The van der Waals surface area contributed by atoms with E-state index >= 15 is 0 Å². The van der Waals surface area contributed by atoms with Crippen LogP contribution < -0.4 is 14.2 Å². The third kappa shape index (κ3) is 5.51. The summed E-state index contributed by atoms with van der Waals surface area (Å²) in [5.41, 5.74) is 3.62. The normalized spacial score (nSPS) is 15.5. The van der Waals surface area contributed by atoms with Crippen LogP contribution in [0.5, 0.6) is 28.7 Å². The lowest BCUT2D eigenvalue weighted by atomic mass is 9.92. The highest BCUT2D eigenvalue weighted by molar-refractivity contribution is 6.03. The summed E-state index contributed by atoms with van der Waals surface area (Å²) >= 11 is 0. The molecule has 0 unspecified atom stereocenters. The van der Waals surface area contributed by atoms with Crippen molar-refractivity contribution in [2.45, 2.75) is 52.6 Å². The first-order chi connectivity index (χ1) is 15.7. The SMILES string of the molecule is COc1ccc([C@@H]2CC(=O)c3c(cc(O)c(C/C=C(\C)CCC=C(C)C)c3O)O2)cc1OC. The van der Waals surface area contributed by atoms with Crippen LogP contribution in [0.3, 0.4) is 0 Å². The largest absolute Gasteiger partial charge is 0.507 e. The monoisotopic (exact) mass is 452 g/mol. The molecule has 3 rings (SSSR count). The third-order valence-corrected chi connectivity index (χ3v) is 5.79. The van der Waals surface area contributed by atoms with E-state index in [9.17, 15) is 15.0 Å². The Hall–Kier alpha value is -3.41. The van der Waals surface area contributed by atoms with Crippen molar-refractivity contribution in [2.75, 3.05) is 14.2 Å². The van der Waals surface area contributed by atoms with Gasteiger partial charge in [-0.2, -0.15) is 0 Å². The van der Waals surface area contributed by atoms with E-state index in [-0.39, 0.29) is 35.0 Å². The van der Waals surface area contributed by atoms with E-state index in [0.717, 1.165) is 24.0 Å². The number of methoxy groups -OCH3 is 2. The van der Waals surface area contributed by atoms with Gasteiger partial charge in [0.1, 0.15) is 28.9 Å². The van der Waals surface area contributed by atoms with Crippen molar-refractivity contribution in [3.05, 3.63) is 64.3 Å². The Balaban J connectivity index is 1.84. The molecular formula is C27H32O6. The molecule has 0 fully saturated rings. The third-order valence-electron chi connectivity index (χ3n) is 5.79.